The van der Waals surface area contributed by atoms with Gasteiger partial charge >= 0.3 is 0 Å². The Balaban J connectivity index is 1.91. The zero-order chi connectivity index (χ0) is 21.5. The van der Waals surface area contributed by atoms with Crippen LogP contribution in [0.2, 0.25) is 0 Å². The minimum absolute atomic E-state index is 0.285. The summed E-state index contributed by atoms with van der Waals surface area (Å²) in [5.41, 5.74) is 6.13. The van der Waals surface area contributed by atoms with Crippen LogP contribution < -0.4 is 16.0 Å². The van der Waals surface area contributed by atoms with Gasteiger partial charge in [0.1, 0.15) is 5.82 Å². The Kier molecular flexibility index (Phi) is 8.24. The molecule has 7 heteroatoms. The zero-order valence-corrected chi connectivity index (χ0v) is 20.2. The summed E-state index contributed by atoms with van der Waals surface area (Å²) in [6, 6.07) is 6.60. The normalized spacial score (nSPS) is 16.7. The number of halogens is 1. The third-order valence-corrected chi connectivity index (χ3v) is 6.37. The van der Waals surface area contributed by atoms with Crippen molar-refractivity contribution in [1.82, 2.24) is 20.3 Å². The summed E-state index contributed by atoms with van der Waals surface area (Å²) >= 11 is 2.25. The molecule has 2 aromatic rings. The maximum absolute atomic E-state index is 4.77. The Morgan fingerprint density at radius 3 is 2.83 bits per heavy atom. The summed E-state index contributed by atoms with van der Waals surface area (Å²) in [5, 5.41) is 10.3. The van der Waals surface area contributed by atoms with Gasteiger partial charge in [-0.15, -0.1) is 5.73 Å². The second-order valence-electron chi connectivity index (χ2n) is 7.86. The molecule has 0 bridgehead atoms. The molecule has 1 fully saturated rings. The highest BCUT2D eigenvalue weighted by molar-refractivity contribution is 14.1. The standard InChI is InChI=1S/C23H31IN6/c1-5-7-8-16(4)21-28-22(26-18-11-12-25-14-18)30-23(29-21)27-20-13-17(19(24)6-2)10-9-15(20)3/h9-10,13,16,18,25H,2,5,7-8,11-12,14H2,1,3-4H3,(H2,26,27,28,29,30)/t16?,18-/m1/s1. The van der Waals surface area contributed by atoms with Gasteiger partial charge in [0, 0.05) is 24.2 Å². The SMILES string of the molecule is C=C=C(I)c1ccc(C)c(Nc2nc(N[C@@H]3CCNC3)nc(C(C)CCCC)n2)c1. The molecule has 1 aliphatic heterocycles. The van der Waals surface area contributed by atoms with Gasteiger partial charge in [-0.1, -0.05) is 45.4 Å². The van der Waals surface area contributed by atoms with E-state index in [1.165, 1.54) is 12.8 Å². The number of benzene rings is 1. The molecule has 30 heavy (non-hydrogen) atoms. The van der Waals surface area contributed by atoms with Crippen LogP contribution >= 0.6 is 22.6 Å². The van der Waals surface area contributed by atoms with E-state index in [2.05, 4.69) is 94.8 Å². The molecule has 1 unspecified atom stereocenters. The van der Waals surface area contributed by atoms with Gasteiger partial charge in [0.05, 0.1) is 3.58 Å². The van der Waals surface area contributed by atoms with Crippen molar-refractivity contribution in [2.45, 2.75) is 58.4 Å². The maximum Gasteiger partial charge on any atom is 0.232 e. The van der Waals surface area contributed by atoms with E-state index >= 15 is 0 Å². The molecule has 1 aromatic heterocycles. The van der Waals surface area contributed by atoms with E-state index in [9.17, 15) is 0 Å². The first kappa shape index (κ1) is 22.7. The third kappa shape index (κ3) is 6.03. The summed E-state index contributed by atoms with van der Waals surface area (Å²) in [4.78, 5) is 14.2. The Morgan fingerprint density at radius 2 is 2.13 bits per heavy atom. The molecule has 0 amide bonds. The van der Waals surface area contributed by atoms with Crippen LogP contribution in [0.5, 0.6) is 0 Å². The highest BCUT2D eigenvalue weighted by Gasteiger charge is 2.18. The first-order chi connectivity index (χ1) is 14.5. The van der Waals surface area contributed by atoms with E-state index in [-0.39, 0.29) is 5.92 Å². The summed E-state index contributed by atoms with van der Waals surface area (Å²) < 4.78 is 0.983. The van der Waals surface area contributed by atoms with Gasteiger partial charge < -0.3 is 16.0 Å². The Bertz CT molecular complexity index is 916. The number of unbranched alkanes of at least 4 members (excludes halogenated alkanes) is 1. The Labute approximate surface area is 193 Å². The molecule has 3 N–H and O–H groups in total. The second kappa shape index (κ2) is 10.9. The number of nitrogens with zero attached hydrogens (tertiary/aromatic N) is 3. The van der Waals surface area contributed by atoms with Crippen LogP contribution in [0.1, 0.15) is 62.4 Å². The van der Waals surface area contributed by atoms with E-state index in [0.717, 1.165) is 52.1 Å². The van der Waals surface area contributed by atoms with E-state index < -0.39 is 0 Å². The predicted octanol–water partition coefficient (Wildman–Crippen LogP) is 5.55. The molecule has 0 saturated carbocycles. The number of nitrogens with one attached hydrogen (secondary N) is 3. The minimum atomic E-state index is 0.285. The van der Waals surface area contributed by atoms with Crippen molar-refractivity contribution in [3.05, 3.63) is 47.5 Å². The molecule has 2 atom stereocenters. The fraction of sp³-hybridized carbons (Fsp3) is 0.478. The van der Waals surface area contributed by atoms with Crippen molar-refractivity contribution in [3.63, 3.8) is 0 Å². The summed E-state index contributed by atoms with van der Waals surface area (Å²) in [6.07, 6.45) is 4.48. The van der Waals surface area contributed by atoms with Crippen molar-refractivity contribution in [1.29, 1.82) is 0 Å². The average Bonchev–Trinajstić information content (AvgIpc) is 3.25. The Morgan fingerprint density at radius 1 is 1.33 bits per heavy atom. The highest BCUT2D eigenvalue weighted by atomic mass is 127. The van der Waals surface area contributed by atoms with Gasteiger partial charge in [-0.05, 0) is 66.1 Å². The van der Waals surface area contributed by atoms with Gasteiger partial charge in [0.2, 0.25) is 11.9 Å². The van der Waals surface area contributed by atoms with Crippen molar-refractivity contribution in [2.75, 3.05) is 23.7 Å². The van der Waals surface area contributed by atoms with Crippen LogP contribution in [0.3, 0.4) is 0 Å². The lowest BCUT2D eigenvalue weighted by Crippen LogP contribution is -2.24. The van der Waals surface area contributed by atoms with Crippen LogP contribution in [0.25, 0.3) is 3.58 Å². The first-order valence-corrected chi connectivity index (χ1v) is 11.7. The number of hydrogen-bond donors (Lipinski definition) is 3. The van der Waals surface area contributed by atoms with E-state index in [4.69, 9.17) is 9.97 Å². The molecule has 1 saturated heterocycles. The van der Waals surface area contributed by atoms with Crippen LogP contribution in [0.4, 0.5) is 17.6 Å². The number of rotatable bonds is 9. The van der Waals surface area contributed by atoms with E-state index in [1.54, 1.807) is 0 Å². The van der Waals surface area contributed by atoms with Crippen LogP contribution in [0.15, 0.2) is 30.5 Å². The second-order valence-corrected chi connectivity index (χ2v) is 8.94. The number of anilines is 3. The van der Waals surface area contributed by atoms with Gasteiger partial charge in [0.25, 0.3) is 0 Å². The fourth-order valence-corrected chi connectivity index (χ4v) is 3.78. The van der Waals surface area contributed by atoms with Crippen molar-refractivity contribution >= 4 is 43.8 Å². The number of aromatic nitrogens is 3. The van der Waals surface area contributed by atoms with Crippen LogP contribution in [-0.2, 0) is 0 Å². The van der Waals surface area contributed by atoms with Crippen LogP contribution in [-0.4, -0.2) is 34.1 Å². The molecule has 0 radical (unpaired) electrons. The predicted molar refractivity (Wildman–Crippen MR) is 134 cm³/mol. The molecule has 0 aliphatic carbocycles. The molecule has 3 rings (SSSR count). The zero-order valence-electron chi connectivity index (χ0n) is 18.1. The van der Waals surface area contributed by atoms with Crippen molar-refractivity contribution in [2.24, 2.45) is 0 Å². The van der Waals surface area contributed by atoms with Gasteiger partial charge in [-0.3, -0.25) is 0 Å². The monoisotopic (exact) mass is 518 g/mol. The smallest absolute Gasteiger partial charge is 0.232 e. The molecular weight excluding hydrogens is 487 g/mol. The van der Waals surface area contributed by atoms with Gasteiger partial charge in [0.15, 0.2) is 0 Å². The molecule has 1 aromatic carbocycles. The van der Waals surface area contributed by atoms with E-state index in [0.29, 0.717) is 17.9 Å². The third-order valence-electron chi connectivity index (χ3n) is 5.37. The first-order valence-electron chi connectivity index (χ1n) is 10.7. The average molecular weight is 518 g/mol. The lowest BCUT2D eigenvalue weighted by Gasteiger charge is -2.17. The highest BCUT2D eigenvalue weighted by Crippen LogP contribution is 2.28. The number of hydrogen-bond acceptors (Lipinski definition) is 6. The summed E-state index contributed by atoms with van der Waals surface area (Å²) in [6.45, 7) is 12.2. The molecular formula is C23H31IN6. The lowest BCUT2D eigenvalue weighted by molar-refractivity contribution is 0.593. The summed E-state index contributed by atoms with van der Waals surface area (Å²) in [5.74, 6) is 2.35. The fourth-order valence-electron chi connectivity index (χ4n) is 3.45. The molecule has 0 spiro atoms. The quantitative estimate of drug-likeness (QED) is 0.299. The molecule has 6 nitrogen and oxygen atoms in total. The molecule has 2 heterocycles. The maximum atomic E-state index is 4.77. The topological polar surface area (TPSA) is 74.8 Å². The lowest BCUT2D eigenvalue weighted by atomic mass is 10.0. The van der Waals surface area contributed by atoms with Crippen molar-refractivity contribution in [3.8, 4) is 0 Å². The van der Waals surface area contributed by atoms with Gasteiger partial charge in [-0.2, -0.15) is 15.0 Å². The van der Waals surface area contributed by atoms with Crippen LogP contribution in [0, 0.1) is 6.92 Å². The number of aryl methyl sites for hydroxylation is 1. The Hall–Kier alpha value is -1.96. The van der Waals surface area contributed by atoms with Crippen molar-refractivity contribution < 1.29 is 0 Å². The summed E-state index contributed by atoms with van der Waals surface area (Å²) in [7, 11) is 0. The largest absolute Gasteiger partial charge is 0.350 e. The van der Waals surface area contributed by atoms with E-state index in [1.807, 2.05) is 0 Å². The molecule has 160 valence electrons. The molecule has 1 aliphatic rings. The minimum Gasteiger partial charge on any atom is -0.350 e. The van der Waals surface area contributed by atoms with Gasteiger partial charge in [-0.25, -0.2) is 0 Å².